The van der Waals surface area contributed by atoms with Gasteiger partial charge in [0, 0.05) is 10.9 Å². The number of thiazole rings is 1. The van der Waals surface area contributed by atoms with E-state index in [1.165, 1.54) is 16.0 Å². The van der Waals surface area contributed by atoms with E-state index >= 15 is 0 Å². The molecule has 1 unspecified atom stereocenters. The highest BCUT2D eigenvalue weighted by molar-refractivity contribution is 7.11. The standard InChI is InChI=1S/C16H22N2OS/c1-5-13-16(12(4)17)20-15(18-13)9-19-14-8-6-7-10(2)11(14)3/h6-8,12H,5,9,17H2,1-4H3. The van der Waals surface area contributed by atoms with Crippen LogP contribution in [0.2, 0.25) is 0 Å². The number of benzene rings is 1. The lowest BCUT2D eigenvalue weighted by Gasteiger charge is -2.09. The van der Waals surface area contributed by atoms with Gasteiger partial charge in [0.2, 0.25) is 0 Å². The van der Waals surface area contributed by atoms with Crippen LogP contribution in [-0.2, 0) is 13.0 Å². The van der Waals surface area contributed by atoms with Gasteiger partial charge in [0.25, 0.3) is 0 Å². The molecule has 4 heteroatoms. The summed E-state index contributed by atoms with van der Waals surface area (Å²) in [5.41, 5.74) is 9.52. The predicted molar refractivity (Wildman–Crippen MR) is 84.3 cm³/mol. The molecule has 0 fully saturated rings. The van der Waals surface area contributed by atoms with Gasteiger partial charge in [-0.25, -0.2) is 4.98 Å². The van der Waals surface area contributed by atoms with Crippen LogP contribution < -0.4 is 10.5 Å². The van der Waals surface area contributed by atoms with Gasteiger partial charge in [0.1, 0.15) is 17.4 Å². The first-order chi connectivity index (χ1) is 9.52. The molecular formula is C16H22N2OS. The molecule has 20 heavy (non-hydrogen) atoms. The van der Waals surface area contributed by atoms with Gasteiger partial charge in [-0.1, -0.05) is 19.1 Å². The Kier molecular flexibility index (Phi) is 4.78. The van der Waals surface area contributed by atoms with Crippen LogP contribution in [0.1, 0.15) is 46.6 Å². The summed E-state index contributed by atoms with van der Waals surface area (Å²) in [5.74, 6) is 0.931. The van der Waals surface area contributed by atoms with Gasteiger partial charge in [-0.3, -0.25) is 0 Å². The highest BCUT2D eigenvalue weighted by Gasteiger charge is 2.13. The van der Waals surface area contributed by atoms with Crippen molar-refractivity contribution in [1.82, 2.24) is 4.98 Å². The van der Waals surface area contributed by atoms with Gasteiger partial charge in [0.15, 0.2) is 0 Å². The third-order valence-corrected chi connectivity index (χ3v) is 4.70. The van der Waals surface area contributed by atoms with Crippen LogP contribution in [0.25, 0.3) is 0 Å². The summed E-state index contributed by atoms with van der Waals surface area (Å²) in [6, 6.07) is 6.15. The topological polar surface area (TPSA) is 48.1 Å². The smallest absolute Gasteiger partial charge is 0.140 e. The second-order valence-corrected chi connectivity index (χ2v) is 6.16. The van der Waals surface area contributed by atoms with Crippen LogP contribution in [0, 0.1) is 13.8 Å². The van der Waals surface area contributed by atoms with Crippen LogP contribution in [-0.4, -0.2) is 4.98 Å². The molecule has 0 amide bonds. The highest BCUT2D eigenvalue weighted by Crippen LogP contribution is 2.27. The summed E-state index contributed by atoms with van der Waals surface area (Å²) in [6.45, 7) is 8.79. The number of hydrogen-bond donors (Lipinski definition) is 1. The molecule has 0 radical (unpaired) electrons. The molecule has 0 saturated heterocycles. The Balaban J connectivity index is 2.13. The first-order valence-electron chi connectivity index (χ1n) is 6.96. The van der Waals surface area contributed by atoms with E-state index in [9.17, 15) is 0 Å². The summed E-state index contributed by atoms with van der Waals surface area (Å²) < 4.78 is 5.90. The largest absolute Gasteiger partial charge is 0.486 e. The Hall–Kier alpha value is -1.39. The zero-order chi connectivity index (χ0) is 14.7. The van der Waals surface area contributed by atoms with Gasteiger partial charge in [-0.05, 0) is 44.4 Å². The zero-order valence-corrected chi connectivity index (χ0v) is 13.4. The lowest BCUT2D eigenvalue weighted by atomic mass is 10.1. The average molecular weight is 290 g/mol. The SMILES string of the molecule is CCc1nc(COc2cccc(C)c2C)sc1C(C)N. The molecule has 1 aromatic heterocycles. The number of nitrogens with two attached hydrogens (primary N) is 1. The van der Waals surface area contributed by atoms with Crippen molar-refractivity contribution in [2.24, 2.45) is 5.73 Å². The van der Waals surface area contributed by atoms with Crippen molar-refractivity contribution in [2.75, 3.05) is 0 Å². The number of ether oxygens (including phenoxy) is 1. The van der Waals surface area contributed by atoms with E-state index in [2.05, 4.69) is 31.8 Å². The van der Waals surface area contributed by atoms with Crippen molar-refractivity contribution in [3.63, 3.8) is 0 Å². The summed E-state index contributed by atoms with van der Waals surface area (Å²) in [6.07, 6.45) is 0.914. The second kappa shape index (κ2) is 6.37. The van der Waals surface area contributed by atoms with Crippen molar-refractivity contribution < 1.29 is 4.74 Å². The molecule has 0 aliphatic carbocycles. The Morgan fingerprint density at radius 1 is 1.35 bits per heavy atom. The Morgan fingerprint density at radius 2 is 2.10 bits per heavy atom. The van der Waals surface area contributed by atoms with E-state index < -0.39 is 0 Å². The minimum atomic E-state index is 0.0388. The fraction of sp³-hybridized carbons (Fsp3) is 0.438. The first kappa shape index (κ1) is 15.0. The summed E-state index contributed by atoms with van der Waals surface area (Å²) in [5, 5.41) is 0.995. The van der Waals surface area contributed by atoms with Crippen LogP contribution in [0.3, 0.4) is 0 Å². The fourth-order valence-corrected chi connectivity index (χ4v) is 3.13. The molecular weight excluding hydrogens is 268 g/mol. The number of aryl methyl sites for hydroxylation is 2. The molecule has 1 aromatic carbocycles. The second-order valence-electron chi connectivity index (χ2n) is 5.05. The van der Waals surface area contributed by atoms with Gasteiger partial charge in [0.05, 0.1) is 5.69 Å². The van der Waals surface area contributed by atoms with E-state index in [1.54, 1.807) is 11.3 Å². The number of aromatic nitrogens is 1. The molecule has 3 nitrogen and oxygen atoms in total. The molecule has 0 saturated carbocycles. The Bertz CT molecular complexity index is 590. The molecule has 108 valence electrons. The van der Waals surface area contributed by atoms with E-state index in [0.717, 1.165) is 22.9 Å². The van der Waals surface area contributed by atoms with Crippen molar-refractivity contribution in [2.45, 2.75) is 46.8 Å². The zero-order valence-electron chi connectivity index (χ0n) is 12.6. The van der Waals surface area contributed by atoms with Crippen molar-refractivity contribution in [3.05, 3.63) is 44.9 Å². The molecule has 0 aliphatic heterocycles. The minimum Gasteiger partial charge on any atom is -0.486 e. The van der Waals surface area contributed by atoms with Gasteiger partial charge < -0.3 is 10.5 Å². The Morgan fingerprint density at radius 3 is 2.70 bits per heavy atom. The monoisotopic (exact) mass is 290 g/mol. The summed E-state index contributed by atoms with van der Waals surface area (Å²) in [4.78, 5) is 5.80. The van der Waals surface area contributed by atoms with E-state index in [1.807, 2.05) is 19.1 Å². The maximum absolute atomic E-state index is 5.98. The Labute approximate surface area is 124 Å². The van der Waals surface area contributed by atoms with E-state index in [4.69, 9.17) is 10.5 Å². The number of hydrogen-bond acceptors (Lipinski definition) is 4. The number of rotatable bonds is 5. The molecule has 1 atom stereocenters. The van der Waals surface area contributed by atoms with Crippen molar-refractivity contribution in [1.29, 1.82) is 0 Å². The van der Waals surface area contributed by atoms with Crippen molar-refractivity contribution in [3.8, 4) is 5.75 Å². The molecule has 2 N–H and O–H groups in total. The van der Waals surface area contributed by atoms with Crippen LogP contribution in [0.5, 0.6) is 5.75 Å². The van der Waals surface area contributed by atoms with Crippen molar-refractivity contribution >= 4 is 11.3 Å². The lowest BCUT2D eigenvalue weighted by Crippen LogP contribution is -2.05. The van der Waals surface area contributed by atoms with Crippen LogP contribution in [0.4, 0.5) is 0 Å². The quantitative estimate of drug-likeness (QED) is 0.908. The highest BCUT2D eigenvalue weighted by atomic mass is 32.1. The molecule has 2 aromatic rings. The summed E-state index contributed by atoms with van der Waals surface area (Å²) >= 11 is 1.66. The maximum atomic E-state index is 5.98. The predicted octanol–water partition coefficient (Wildman–Crippen LogP) is 3.92. The first-order valence-corrected chi connectivity index (χ1v) is 7.77. The minimum absolute atomic E-state index is 0.0388. The third kappa shape index (κ3) is 3.19. The van der Waals surface area contributed by atoms with Crippen LogP contribution >= 0.6 is 11.3 Å². The molecule has 0 spiro atoms. The van der Waals surface area contributed by atoms with Gasteiger partial charge in [-0.2, -0.15) is 0 Å². The van der Waals surface area contributed by atoms with Crippen LogP contribution in [0.15, 0.2) is 18.2 Å². The van der Waals surface area contributed by atoms with Gasteiger partial charge >= 0.3 is 0 Å². The molecule has 2 rings (SSSR count). The molecule has 0 bridgehead atoms. The molecule has 1 heterocycles. The molecule has 0 aliphatic rings. The summed E-state index contributed by atoms with van der Waals surface area (Å²) in [7, 11) is 0. The normalized spacial score (nSPS) is 12.4. The van der Waals surface area contributed by atoms with E-state index in [-0.39, 0.29) is 6.04 Å². The maximum Gasteiger partial charge on any atom is 0.140 e. The lowest BCUT2D eigenvalue weighted by molar-refractivity contribution is 0.303. The van der Waals surface area contributed by atoms with E-state index in [0.29, 0.717) is 6.61 Å². The average Bonchev–Trinajstić information content (AvgIpc) is 2.84. The van der Waals surface area contributed by atoms with Gasteiger partial charge in [-0.15, -0.1) is 11.3 Å². The number of nitrogens with zero attached hydrogens (tertiary/aromatic N) is 1. The third-order valence-electron chi connectivity index (χ3n) is 3.43. The fourth-order valence-electron chi connectivity index (χ4n) is 2.11.